The van der Waals surface area contributed by atoms with Crippen LogP contribution < -0.4 is 0 Å². The number of furan rings is 1. The van der Waals surface area contributed by atoms with Gasteiger partial charge in [-0.3, -0.25) is 24.0 Å². The minimum atomic E-state index is 0.0531. The Labute approximate surface area is 475 Å². The maximum Gasteiger partial charge on any atom is 0.142 e. The third kappa shape index (κ3) is 28.0. The minimum Gasteiger partial charge on any atom is -0.469 e. The molecule has 0 saturated carbocycles. The Morgan fingerprint density at radius 1 is 0.628 bits per heavy atom. The average Bonchev–Trinajstić information content (AvgIpc) is 4.23. The number of hydrogen-bond acceptors (Lipinski definition) is 12. The van der Waals surface area contributed by atoms with Crippen molar-refractivity contribution in [3.8, 4) is 0 Å². The van der Waals surface area contributed by atoms with Gasteiger partial charge in [0.15, 0.2) is 0 Å². The molecule has 0 fully saturated rings. The van der Waals surface area contributed by atoms with Crippen LogP contribution in [0.25, 0.3) is 0 Å². The summed E-state index contributed by atoms with van der Waals surface area (Å²) < 4.78 is 16.2. The topological polar surface area (TPSA) is 147 Å². The Morgan fingerprint density at radius 3 is 1.50 bits per heavy atom. The van der Waals surface area contributed by atoms with Gasteiger partial charge in [0, 0.05) is 91.1 Å². The Hall–Kier alpha value is -6.06. The summed E-state index contributed by atoms with van der Waals surface area (Å²) in [6.07, 6.45) is 16.9. The van der Waals surface area contributed by atoms with Crippen LogP contribution in [0.5, 0.6) is 0 Å². The van der Waals surface area contributed by atoms with E-state index in [1.54, 1.807) is 23.8 Å². The molecule has 0 aliphatic carbocycles. The lowest BCUT2D eigenvalue weighted by molar-refractivity contribution is 0.315. The van der Waals surface area contributed by atoms with E-state index < -0.39 is 0 Å². The average molecular weight is 1090 g/mol. The van der Waals surface area contributed by atoms with Gasteiger partial charge in [-0.15, -0.1) is 21.5 Å². The number of aromatic nitrogens is 11. The molecule has 0 radical (unpaired) electrons. The fourth-order valence-electron chi connectivity index (χ4n) is 6.72. The fraction of sp³-hybridized carbons (Fsp3) is 0.556. The zero-order valence-electron chi connectivity index (χ0n) is 53.0. The molecule has 0 N–H and O–H groups in total. The van der Waals surface area contributed by atoms with Crippen molar-refractivity contribution >= 4 is 11.3 Å². The van der Waals surface area contributed by atoms with Gasteiger partial charge < -0.3 is 13.8 Å². The molecule has 8 aromatic heterocycles. The molecule has 0 spiro atoms. The van der Waals surface area contributed by atoms with E-state index in [0.29, 0.717) is 35.8 Å². The van der Waals surface area contributed by atoms with Crippen LogP contribution in [-0.2, 0) is 24.4 Å². The van der Waals surface area contributed by atoms with E-state index in [1.807, 2.05) is 137 Å². The molecule has 0 aliphatic rings. The van der Waals surface area contributed by atoms with E-state index >= 15 is 0 Å². The quantitative estimate of drug-likeness (QED) is 0.143. The third-order valence-electron chi connectivity index (χ3n) is 11.6. The molecule has 0 aliphatic heterocycles. The zero-order chi connectivity index (χ0) is 59.5. The summed E-state index contributed by atoms with van der Waals surface area (Å²) in [6.45, 7) is 49.6. The van der Waals surface area contributed by atoms with Gasteiger partial charge in [0.05, 0.1) is 24.4 Å². The fourth-order valence-corrected chi connectivity index (χ4v) is 7.47. The molecule has 0 unspecified atom stereocenters. The van der Waals surface area contributed by atoms with Crippen molar-refractivity contribution < 1.29 is 8.94 Å². The van der Waals surface area contributed by atoms with Crippen molar-refractivity contribution in [2.45, 2.75) is 212 Å². The van der Waals surface area contributed by atoms with Gasteiger partial charge in [-0.05, 0) is 164 Å². The molecular weight excluding hydrogens is 989 g/mol. The van der Waals surface area contributed by atoms with Crippen LogP contribution in [0.4, 0.5) is 0 Å². The van der Waals surface area contributed by atoms with Crippen LogP contribution in [0.3, 0.4) is 0 Å². The van der Waals surface area contributed by atoms with E-state index in [0.717, 1.165) is 39.5 Å². The first-order valence-corrected chi connectivity index (χ1v) is 28.3. The Balaban J connectivity index is 0.000000447. The van der Waals surface area contributed by atoms with Gasteiger partial charge in [-0.1, -0.05) is 102 Å². The molecular formula is C63H102N12O2S. The van der Waals surface area contributed by atoms with Crippen molar-refractivity contribution in [3.63, 3.8) is 0 Å². The monoisotopic (exact) mass is 1090 g/mol. The summed E-state index contributed by atoms with van der Waals surface area (Å²) in [5.74, 6) is 4.40. The minimum absolute atomic E-state index is 0.0531. The van der Waals surface area contributed by atoms with Crippen molar-refractivity contribution in [1.29, 1.82) is 0 Å². The Morgan fingerprint density at radius 2 is 1.22 bits per heavy atom. The van der Waals surface area contributed by atoms with E-state index in [9.17, 15) is 0 Å². The highest BCUT2D eigenvalue weighted by atomic mass is 32.1. The van der Waals surface area contributed by atoms with Crippen LogP contribution in [0, 0.1) is 34.6 Å². The molecule has 14 nitrogen and oxygen atoms in total. The van der Waals surface area contributed by atoms with E-state index in [-0.39, 0.29) is 10.8 Å². The van der Waals surface area contributed by atoms with Gasteiger partial charge >= 0.3 is 0 Å². The molecule has 0 amide bonds. The molecule has 8 aromatic rings. The van der Waals surface area contributed by atoms with Gasteiger partial charge in [-0.25, -0.2) is 0 Å². The molecule has 8 rings (SSSR count). The summed E-state index contributed by atoms with van der Waals surface area (Å²) in [5.41, 5.74) is 10.2. The van der Waals surface area contributed by atoms with Crippen LogP contribution >= 0.6 is 11.3 Å². The predicted molar refractivity (Wildman–Crippen MR) is 327 cm³/mol. The lowest BCUT2D eigenvalue weighted by atomic mass is 9.93. The predicted octanol–water partition coefficient (Wildman–Crippen LogP) is 16.7. The van der Waals surface area contributed by atoms with Crippen molar-refractivity contribution in [2.75, 3.05) is 14.1 Å². The second-order valence-electron chi connectivity index (χ2n) is 23.6. The third-order valence-corrected chi connectivity index (χ3v) is 12.9. The Kier molecular flexibility index (Phi) is 31.2. The molecule has 15 heteroatoms. The lowest BCUT2D eigenvalue weighted by Gasteiger charge is -2.12. The number of aryl methyl sites for hydroxylation is 5. The van der Waals surface area contributed by atoms with Crippen molar-refractivity contribution in [3.05, 3.63) is 165 Å². The zero-order valence-corrected chi connectivity index (χ0v) is 53.8. The highest BCUT2D eigenvalue weighted by Gasteiger charge is 2.20. The second kappa shape index (κ2) is 34.7. The first-order valence-electron chi connectivity index (χ1n) is 27.5. The lowest BCUT2D eigenvalue weighted by Crippen LogP contribution is -2.11. The van der Waals surface area contributed by atoms with Gasteiger partial charge in [0.2, 0.25) is 0 Å². The molecule has 8 heterocycles. The molecule has 78 heavy (non-hydrogen) atoms. The van der Waals surface area contributed by atoms with Gasteiger partial charge in [0.1, 0.15) is 21.5 Å². The van der Waals surface area contributed by atoms with Crippen LogP contribution in [0.15, 0.2) is 107 Å². The van der Waals surface area contributed by atoms with E-state index in [2.05, 4.69) is 189 Å². The van der Waals surface area contributed by atoms with Gasteiger partial charge in [-0.2, -0.15) is 15.3 Å². The first kappa shape index (κ1) is 70.0. The van der Waals surface area contributed by atoms with Crippen molar-refractivity contribution in [2.24, 2.45) is 7.05 Å². The SMILES string of the molecule is CC(C)c1ccncc1.CC(C)n1cccn1.CN(C)Cc1cc(C(C)(C)C)on1.Cc1c(C(C)C)cnn1C.Cc1cc(C(C)C)ccn1.Cc1cnn(C(C)C)c1.Cc1nnc(C(C)(C)C)s1.Cc1occc1C(C)C. The molecule has 0 bridgehead atoms. The Bertz CT molecular complexity index is 2760. The molecule has 432 valence electrons. The maximum atomic E-state index is 5.25. The van der Waals surface area contributed by atoms with Crippen LogP contribution in [0.2, 0.25) is 0 Å². The second-order valence-corrected chi connectivity index (χ2v) is 24.8. The normalized spacial score (nSPS) is 11.0. The van der Waals surface area contributed by atoms with Crippen LogP contribution in [-0.4, -0.2) is 73.7 Å². The summed E-state index contributed by atoms with van der Waals surface area (Å²) in [6, 6.07) is 15.3. The summed E-state index contributed by atoms with van der Waals surface area (Å²) in [7, 11) is 6.01. The van der Waals surface area contributed by atoms with Gasteiger partial charge in [0.25, 0.3) is 0 Å². The number of pyridine rings is 2. The summed E-state index contributed by atoms with van der Waals surface area (Å²) in [4.78, 5) is 10.1. The number of hydrogen-bond donors (Lipinski definition) is 0. The number of rotatable bonds is 8. The van der Waals surface area contributed by atoms with E-state index in [4.69, 9.17) is 8.94 Å². The molecule has 0 saturated heterocycles. The number of nitrogens with zero attached hydrogens (tertiary/aromatic N) is 12. The highest BCUT2D eigenvalue weighted by Crippen LogP contribution is 2.25. The smallest absolute Gasteiger partial charge is 0.142 e. The first-order chi connectivity index (χ1) is 36.2. The largest absolute Gasteiger partial charge is 0.469 e. The summed E-state index contributed by atoms with van der Waals surface area (Å²) in [5, 5.41) is 26.5. The summed E-state index contributed by atoms with van der Waals surface area (Å²) >= 11 is 1.67. The van der Waals surface area contributed by atoms with Crippen molar-refractivity contribution in [1.82, 2.24) is 59.6 Å². The molecule has 0 aromatic carbocycles. The highest BCUT2D eigenvalue weighted by molar-refractivity contribution is 7.11. The van der Waals surface area contributed by atoms with E-state index in [1.165, 1.54) is 33.5 Å². The maximum absolute atomic E-state index is 5.25. The standard InChI is InChI=1S/C10H18N2O.C9H13N.C8H14N2.C8H11N.C8H12O.C7H12N2S.C7H12N2.C6H10N2/c1-10(2,3)9-6-8(11-13-9)7-12(4)5;1-7(2)9-4-5-10-8(3)6-9;1-6(2)8-5-9-10(4)7(8)3;1-7(2)8-3-5-9-6-4-8;1-6(2)8-4-5-9-7(8)3;1-5-8-9-6(10-5)7(2,3)4;1-6(2)9-5-7(3)4-8-9;1-6(2)8-5-3-4-7-8/h6H,7H2,1-5H3;4-7H,1-3H3;5-6H,1-4H3;3-7H,1-2H3;4-6H,1-3H3;1-4H3;4-6H,1-3H3;3-6H,1-2H3. The molecule has 0 atom stereocenters. The van der Waals surface area contributed by atoms with Crippen LogP contribution in [0.1, 0.15) is 227 Å².